The van der Waals surface area contributed by atoms with Gasteiger partial charge in [0.05, 0.1) is 53.3 Å². The number of hydrogen-bond acceptors (Lipinski definition) is 15. The van der Waals surface area contributed by atoms with Crippen LogP contribution in [0.3, 0.4) is 0 Å². The first-order valence-electron chi connectivity index (χ1n) is 25.5. The fourth-order valence-electron chi connectivity index (χ4n) is 10.7. The van der Waals surface area contributed by atoms with E-state index in [9.17, 15) is 20.0 Å². The summed E-state index contributed by atoms with van der Waals surface area (Å²) in [6.07, 6.45) is 4.62. The molecular weight excluding hydrogens is 1020 g/mol. The predicted molar refractivity (Wildman–Crippen MR) is 300 cm³/mol. The Morgan fingerprint density at radius 1 is 0.803 bits per heavy atom. The van der Waals surface area contributed by atoms with Gasteiger partial charge in [0, 0.05) is 76.5 Å². The van der Waals surface area contributed by atoms with Gasteiger partial charge in [0.15, 0.2) is 0 Å². The van der Waals surface area contributed by atoms with Crippen molar-refractivity contribution in [2.45, 2.75) is 57.6 Å². The molecule has 384 valence electrons. The smallest absolute Gasteiger partial charge is 0.308 e. The highest BCUT2D eigenvalue weighted by Gasteiger charge is 2.36. The first-order valence-corrected chi connectivity index (χ1v) is 26.3. The number of non-ortho nitro benzene ring substituents is 1. The van der Waals surface area contributed by atoms with E-state index in [4.69, 9.17) is 29.4 Å². The Hall–Kier alpha value is -8.28. The van der Waals surface area contributed by atoms with Gasteiger partial charge in [-0.2, -0.15) is 9.97 Å². The second kappa shape index (κ2) is 21.2. The number of piperidine rings is 1. The van der Waals surface area contributed by atoms with Gasteiger partial charge in [-0.15, -0.1) is 0 Å². The number of ether oxygens (including phenoxy) is 2. The van der Waals surface area contributed by atoms with E-state index in [1.807, 2.05) is 104 Å². The number of nitrogens with zero attached hydrogens (tertiary/aromatic N) is 9. The van der Waals surface area contributed by atoms with Crippen molar-refractivity contribution in [1.29, 1.82) is 0 Å². The van der Waals surface area contributed by atoms with E-state index in [0.29, 0.717) is 63.9 Å². The number of benzene rings is 6. The lowest BCUT2D eigenvalue weighted by Gasteiger charge is -2.38. The van der Waals surface area contributed by atoms with Crippen molar-refractivity contribution >= 4 is 95.2 Å². The van der Waals surface area contributed by atoms with Crippen LogP contribution < -0.4 is 24.8 Å². The van der Waals surface area contributed by atoms with Crippen molar-refractivity contribution < 1.29 is 24.3 Å². The maximum Gasteiger partial charge on any atom is 0.308 e. The number of aliphatic hydroxyl groups is 1. The molecule has 16 nitrogen and oxygen atoms in total. The third-order valence-corrected chi connectivity index (χ3v) is 15.2. The first-order chi connectivity index (χ1) is 36.9. The monoisotopic (exact) mass is 1080 g/mol. The Labute approximate surface area is 447 Å². The van der Waals surface area contributed by atoms with Crippen molar-refractivity contribution in [2.24, 2.45) is 0 Å². The highest BCUT2D eigenvalue weighted by Crippen LogP contribution is 2.43. The van der Waals surface area contributed by atoms with E-state index in [2.05, 4.69) is 59.1 Å². The summed E-state index contributed by atoms with van der Waals surface area (Å²) >= 11 is 3.47. The molecule has 3 aromatic heterocycles. The SMILES string of the molecule is CCOC(=O)CC1c2cc(OC)c(C)cc2CCN1c1nc(N2CCc3cc([N+](=O)[O-])ccc32)c2ccccc2n1.OC1(c2ccc(Br)cc2)CCN(c2nc(Nc3ccc4ncccc4c3)c3ccccc3n2)CC1. The number of nitro groups is 1. The van der Waals surface area contributed by atoms with Gasteiger partial charge in [-0.3, -0.25) is 19.9 Å². The van der Waals surface area contributed by atoms with Crippen LogP contribution in [0.1, 0.15) is 60.0 Å². The second-order valence-corrected chi connectivity index (χ2v) is 20.2. The van der Waals surface area contributed by atoms with E-state index >= 15 is 0 Å². The number of aryl methyl sites for hydroxylation is 1. The highest BCUT2D eigenvalue weighted by atomic mass is 79.9. The lowest BCUT2D eigenvalue weighted by molar-refractivity contribution is -0.384. The first kappa shape index (κ1) is 49.9. The molecule has 2 N–H and O–H groups in total. The molecular formula is C59H55BrN10O6. The summed E-state index contributed by atoms with van der Waals surface area (Å²) < 4.78 is 12.0. The van der Waals surface area contributed by atoms with Crippen LogP contribution in [-0.4, -0.2) is 80.8 Å². The van der Waals surface area contributed by atoms with E-state index in [-0.39, 0.29) is 29.0 Å². The Kier molecular flexibility index (Phi) is 13.9. The van der Waals surface area contributed by atoms with E-state index in [1.54, 1.807) is 32.4 Å². The van der Waals surface area contributed by atoms with Crippen molar-refractivity contribution in [2.75, 3.05) is 59.9 Å². The molecule has 3 aliphatic heterocycles. The van der Waals surface area contributed by atoms with Crippen LogP contribution in [0.5, 0.6) is 5.75 Å². The van der Waals surface area contributed by atoms with Crippen LogP contribution in [0.2, 0.25) is 0 Å². The zero-order chi connectivity index (χ0) is 52.5. The number of esters is 1. The maximum atomic E-state index is 12.8. The van der Waals surface area contributed by atoms with E-state index in [0.717, 1.165) is 94.6 Å². The second-order valence-electron chi connectivity index (χ2n) is 19.3. The van der Waals surface area contributed by atoms with Crippen LogP contribution in [0.15, 0.2) is 144 Å². The molecule has 17 heteroatoms. The Balaban J connectivity index is 0.000000164. The minimum Gasteiger partial charge on any atom is -0.496 e. The van der Waals surface area contributed by atoms with Crippen molar-refractivity contribution in [1.82, 2.24) is 24.9 Å². The van der Waals surface area contributed by atoms with Gasteiger partial charge in [0.1, 0.15) is 17.4 Å². The van der Waals surface area contributed by atoms with Crippen molar-refractivity contribution in [3.8, 4) is 5.75 Å². The largest absolute Gasteiger partial charge is 0.496 e. The molecule has 1 atom stereocenters. The van der Waals surface area contributed by atoms with Crippen LogP contribution in [-0.2, 0) is 28.0 Å². The molecule has 1 saturated heterocycles. The Morgan fingerprint density at radius 3 is 2.30 bits per heavy atom. The third-order valence-electron chi connectivity index (χ3n) is 14.6. The molecule has 0 saturated carbocycles. The third kappa shape index (κ3) is 10.0. The van der Waals surface area contributed by atoms with Gasteiger partial charge in [-0.1, -0.05) is 64.5 Å². The number of nitro benzene ring substituents is 1. The minimum absolute atomic E-state index is 0.0817. The fraction of sp³-hybridized carbons (Fsp3) is 0.254. The number of halogens is 1. The van der Waals surface area contributed by atoms with Crippen LogP contribution in [0.4, 0.5) is 40.6 Å². The zero-order valence-corrected chi connectivity index (χ0v) is 43.9. The molecule has 0 aliphatic carbocycles. The van der Waals surface area contributed by atoms with Crippen LogP contribution >= 0.6 is 15.9 Å². The molecule has 0 radical (unpaired) electrons. The molecule has 12 rings (SSSR count). The molecule has 9 aromatic rings. The normalized spacial score (nSPS) is 15.7. The number of rotatable bonds is 11. The zero-order valence-electron chi connectivity index (χ0n) is 42.3. The number of pyridine rings is 1. The molecule has 0 bridgehead atoms. The summed E-state index contributed by atoms with van der Waals surface area (Å²) in [6, 6.07) is 42.7. The summed E-state index contributed by atoms with van der Waals surface area (Å²) in [7, 11) is 1.65. The number of carbonyl (C=O) groups excluding carboxylic acids is 1. The molecule has 3 aliphatic rings. The number of para-hydroxylation sites is 2. The van der Waals surface area contributed by atoms with Gasteiger partial charge in [-0.05, 0) is 140 Å². The summed E-state index contributed by atoms with van der Waals surface area (Å²) in [5, 5.41) is 29.1. The van der Waals surface area contributed by atoms with Gasteiger partial charge in [0.25, 0.3) is 5.69 Å². The minimum atomic E-state index is -0.839. The molecule has 6 aromatic carbocycles. The van der Waals surface area contributed by atoms with Crippen LogP contribution in [0.25, 0.3) is 32.7 Å². The number of anilines is 6. The maximum absolute atomic E-state index is 12.8. The number of nitrogens with one attached hydrogen (secondary N) is 1. The summed E-state index contributed by atoms with van der Waals surface area (Å²) in [5.74, 6) is 3.18. The van der Waals surface area contributed by atoms with Gasteiger partial charge < -0.3 is 34.6 Å². The number of methoxy groups -OCH3 is 1. The lowest BCUT2D eigenvalue weighted by atomic mass is 9.84. The summed E-state index contributed by atoms with van der Waals surface area (Å²) in [6.45, 7) is 6.74. The van der Waals surface area contributed by atoms with Gasteiger partial charge in [0.2, 0.25) is 11.9 Å². The van der Waals surface area contributed by atoms with Crippen molar-refractivity contribution in [3.05, 3.63) is 182 Å². The number of carbonyl (C=O) groups is 1. The lowest BCUT2D eigenvalue weighted by Crippen LogP contribution is -2.43. The Bertz CT molecular complexity index is 3670. The summed E-state index contributed by atoms with van der Waals surface area (Å²) in [4.78, 5) is 54.5. The van der Waals surface area contributed by atoms with Gasteiger partial charge in [-0.25, -0.2) is 9.97 Å². The van der Waals surface area contributed by atoms with Gasteiger partial charge >= 0.3 is 5.97 Å². The molecule has 6 heterocycles. The number of fused-ring (bicyclic) bond motifs is 5. The Morgan fingerprint density at radius 2 is 1.54 bits per heavy atom. The quantitative estimate of drug-likeness (QED) is 0.0707. The average molecular weight is 1080 g/mol. The number of aromatic nitrogens is 5. The molecule has 1 unspecified atom stereocenters. The highest BCUT2D eigenvalue weighted by molar-refractivity contribution is 9.10. The topological polar surface area (TPSA) is 185 Å². The van der Waals surface area contributed by atoms with E-state index in [1.165, 1.54) is 11.6 Å². The summed E-state index contributed by atoms with van der Waals surface area (Å²) in [5.41, 5.74) is 8.80. The molecule has 0 amide bonds. The molecule has 76 heavy (non-hydrogen) atoms. The standard InChI is InChI=1S/C31H31N5O5.C28H24BrN5O/c1-4-41-29(37)18-27-24-17-28(40-3)19(2)15-20(24)11-14-35(27)31-32-25-8-6-5-7-23(25)30(33-31)34-13-12-21-16-22(36(38)39)9-10-26(21)34;29-21-9-7-20(8-10-21)28(35)13-16-34(17-14-28)27-32-25-6-2-1-5-23(25)26(33-27)31-22-11-12-24-19(18-22)4-3-15-30-24/h5-10,15-17,27H,4,11-14,18H2,1-3H3;1-12,15,18,35H,13-14,16-17H2,(H,31,32,33). The number of hydrogen-bond donors (Lipinski definition) is 2. The van der Waals surface area contributed by atoms with Crippen LogP contribution in [0, 0.1) is 17.0 Å². The van der Waals surface area contributed by atoms with Crippen molar-refractivity contribution in [3.63, 3.8) is 0 Å². The predicted octanol–water partition coefficient (Wildman–Crippen LogP) is 11.8. The fourth-order valence-corrected chi connectivity index (χ4v) is 11.0. The average Bonchev–Trinajstić information content (AvgIpc) is 3.88. The van der Waals surface area contributed by atoms with E-state index < -0.39 is 5.60 Å². The molecule has 1 fully saturated rings. The molecule has 0 spiro atoms.